The summed E-state index contributed by atoms with van der Waals surface area (Å²) in [5, 5.41) is 13.8. The summed E-state index contributed by atoms with van der Waals surface area (Å²) in [6.45, 7) is 1.59. The number of benzene rings is 1. The average Bonchev–Trinajstić information content (AvgIpc) is 2.95. The number of nitrogens with one attached hydrogen (secondary N) is 1. The van der Waals surface area contributed by atoms with E-state index in [9.17, 15) is 13.5 Å². The predicted molar refractivity (Wildman–Crippen MR) is 85.1 cm³/mol. The van der Waals surface area contributed by atoms with Crippen LogP contribution >= 0.6 is 22.9 Å². The topological polar surface area (TPSA) is 92.4 Å². The van der Waals surface area contributed by atoms with Gasteiger partial charge in [-0.3, -0.25) is 0 Å². The largest absolute Gasteiger partial charge is 0.398 e. The van der Waals surface area contributed by atoms with E-state index < -0.39 is 16.1 Å². The van der Waals surface area contributed by atoms with Gasteiger partial charge in [-0.05, 0) is 47.0 Å². The van der Waals surface area contributed by atoms with E-state index in [1.807, 2.05) is 5.38 Å². The Kier molecular flexibility index (Phi) is 4.90. The lowest BCUT2D eigenvalue weighted by atomic mass is 10.2. The van der Waals surface area contributed by atoms with E-state index in [-0.39, 0.29) is 16.5 Å². The van der Waals surface area contributed by atoms with Gasteiger partial charge in [-0.2, -0.15) is 11.3 Å². The van der Waals surface area contributed by atoms with Crippen molar-refractivity contribution in [3.8, 4) is 0 Å². The summed E-state index contributed by atoms with van der Waals surface area (Å²) < 4.78 is 26.7. The van der Waals surface area contributed by atoms with Crippen molar-refractivity contribution in [1.29, 1.82) is 0 Å². The minimum Gasteiger partial charge on any atom is -0.398 e. The third kappa shape index (κ3) is 3.75. The van der Waals surface area contributed by atoms with Crippen molar-refractivity contribution in [2.45, 2.75) is 17.9 Å². The molecular weight excluding hydrogens is 332 g/mol. The van der Waals surface area contributed by atoms with Crippen LogP contribution in [-0.2, 0) is 10.0 Å². The SMILES string of the molecule is Cc1c(N)cc(S(=O)(=O)NCC(O)c2ccsc2)cc1Cl. The highest BCUT2D eigenvalue weighted by Crippen LogP contribution is 2.26. The number of aliphatic hydroxyl groups excluding tert-OH is 1. The lowest BCUT2D eigenvalue weighted by Crippen LogP contribution is -2.28. The smallest absolute Gasteiger partial charge is 0.240 e. The first-order valence-corrected chi connectivity index (χ1v) is 8.87. The first-order valence-electron chi connectivity index (χ1n) is 6.06. The van der Waals surface area contributed by atoms with E-state index in [4.69, 9.17) is 17.3 Å². The van der Waals surface area contributed by atoms with Crippen LogP contribution in [0.3, 0.4) is 0 Å². The van der Waals surface area contributed by atoms with Gasteiger partial charge in [0.2, 0.25) is 10.0 Å². The minimum absolute atomic E-state index is 0.0203. The summed E-state index contributed by atoms with van der Waals surface area (Å²) >= 11 is 7.38. The van der Waals surface area contributed by atoms with Gasteiger partial charge in [0.1, 0.15) is 0 Å². The van der Waals surface area contributed by atoms with Crippen molar-refractivity contribution >= 4 is 38.6 Å². The molecule has 0 aliphatic carbocycles. The Hall–Kier alpha value is -1.12. The van der Waals surface area contributed by atoms with Gasteiger partial charge in [0.25, 0.3) is 0 Å². The van der Waals surface area contributed by atoms with Crippen LogP contribution in [0.4, 0.5) is 5.69 Å². The maximum absolute atomic E-state index is 12.2. The third-order valence-electron chi connectivity index (χ3n) is 3.06. The van der Waals surface area contributed by atoms with Gasteiger partial charge in [0.15, 0.2) is 0 Å². The Bertz CT molecular complexity index is 707. The molecule has 2 aromatic rings. The maximum atomic E-state index is 12.2. The Morgan fingerprint density at radius 1 is 1.48 bits per heavy atom. The zero-order valence-corrected chi connectivity index (χ0v) is 13.6. The second kappa shape index (κ2) is 6.33. The van der Waals surface area contributed by atoms with Crippen molar-refractivity contribution in [2.24, 2.45) is 0 Å². The molecule has 0 fully saturated rings. The first-order chi connectivity index (χ1) is 9.81. The van der Waals surface area contributed by atoms with E-state index >= 15 is 0 Å². The van der Waals surface area contributed by atoms with Crippen LogP contribution in [0.5, 0.6) is 0 Å². The lowest BCUT2D eigenvalue weighted by molar-refractivity contribution is 0.182. The molecule has 1 atom stereocenters. The number of halogens is 1. The molecule has 2 rings (SSSR count). The van der Waals surface area contributed by atoms with Gasteiger partial charge in [-0.1, -0.05) is 11.6 Å². The van der Waals surface area contributed by atoms with Crippen LogP contribution in [0.2, 0.25) is 5.02 Å². The molecule has 0 saturated heterocycles. The van der Waals surface area contributed by atoms with Crippen LogP contribution < -0.4 is 10.5 Å². The summed E-state index contributed by atoms with van der Waals surface area (Å²) in [4.78, 5) is -0.0203. The quantitative estimate of drug-likeness (QED) is 0.724. The molecule has 0 aliphatic heterocycles. The Labute approximate surface area is 132 Å². The standard InChI is InChI=1S/C13H15ClN2O3S2/c1-8-11(14)4-10(5-12(8)15)21(18,19)16-6-13(17)9-2-3-20-7-9/h2-5,7,13,16-17H,6,15H2,1H3. The summed E-state index contributed by atoms with van der Waals surface area (Å²) in [6, 6.07) is 4.43. The molecule has 1 aromatic heterocycles. The highest BCUT2D eigenvalue weighted by Gasteiger charge is 2.19. The van der Waals surface area contributed by atoms with Crippen LogP contribution in [0.1, 0.15) is 17.2 Å². The molecule has 5 nitrogen and oxygen atoms in total. The summed E-state index contributed by atoms with van der Waals surface area (Å²) in [5.41, 5.74) is 7.34. The number of rotatable bonds is 5. The van der Waals surface area contributed by atoms with Crippen LogP contribution in [0.25, 0.3) is 0 Å². The van der Waals surface area contributed by atoms with Gasteiger partial charge in [0.05, 0.1) is 11.0 Å². The summed E-state index contributed by atoms with van der Waals surface area (Å²) in [6.07, 6.45) is -0.899. The van der Waals surface area contributed by atoms with Gasteiger partial charge >= 0.3 is 0 Å². The number of hydrogen-bond donors (Lipinski definition) is 3. The van der Waals surface area contributed by atoms with Crippen molar-refractivity contribution in [1.82, 2.24) is 4.72 Å². The summed E-state index contributed by atoms with van der Waals surface area (Å²) in [5.74, 6) is 0. The van der Waals surface area contributed by atoms with Gasteiger partial charge in [-0.25, -0.2) is 13.1 Å². The monoisotopic (exact) mass is 346 g/mol. The van der Waals surface area contributed by atoms with Crippen molar-refractivity contribution in [2.75, 3.05) is 12.3 Å². The zero-order valence-electron chi connectivity index (χ0n) is 11.2. The fourth-order valence-corrected chi connectivity index (χ4v) is 3.78. The van der Waals surface area contributed by atoms with Crippen LogP contribution in [-0.4, -0.2) is 20.1 Å². The fourth-order valence-electron chi connectivity index (χ4n) is 1.68. The normalized spacial score (nSPS) is 13.3. The predicted octanol–water partition coefficient (Wildman–Crippen LogP) is 2.30. The molecule has 0 spiro atoms. The molecule has 0 aliphatic rings. The molecule has 1 aromatic carbocycles. The Morgan fingerprint density at radius 3 is 2.76 bits per heavy atom. The number of sulfonamides is 1. The number of anilines is 1. The van der Waals surface area contributed by atoms with Gasteiger partial charge in [0, 0.05) is 17.3 Å². The van der Waals surface area contributed by atoms with Crippen LogP contribution in [0.15, 0.2) is 33.9 Å². The maximum Gasteiger partial charge on any atom is 0.240 e. The van der Waals surface area contributed by atoms with Crippen LogP contribution in [0, 0.1) is 6.92 Å². The minimum atomic E-state index is -3.78. The molecule has 0 bridgehead atoms. The molecule has 21 heavy (non-hydrogen) atoms. The third-order valence-corrected chi connectivity index (χ3v) is 5.56. The molecule has 4 N–H and O–H groups in total. The van der Waals surface area contributed by atoms with E-state index in [1.54, 1.807) is 18.4 Å². The molecule has 1 unspecified atom stereocenters. The first kappa shape index (κ1) is 16.3. The van der Waals surface area contributed by atoms with E-state index in [2.05, 4.69) is 4.72 Å². The number of aliphatic hydroxyl groups is 1. The molecule has 0 amide bonds. The molecular formula is C13H15ClN2O3S2. The molecule has 114 valence electrons. The molecule has 1 heterocycles. The Balaban J connectivity index is 2.15. The zero-order chi connectivity index (χ0) is 15.6. The number of nitrogens with two attached hydrogens (primary N) is 1. The Morgan fingerprint density at radius 2 is 2.19 bits per heavy atom. The second-order valence-electron chi connectivity index (χ2n) is 4.54. The number of hydrogen-bond acceptors (Lipinski definition) is 5. The highest BCUT2D eigenvalue weighted by molar-refractivity contribution is 7.89. The average molecular weight is 347 g/mol. The molecule has 0 radical (unpaired) electrons. The van der Waals surface area contributed by atoms with E-state index in [0.29, 0.717) is 16.8 Å². The second-order valence-corrected chi connectivity index (χ2v) is 7.50. The molecule has 8 heteroatoms. The van der Waals surface area contributed by atoms with Crippen molar-refractivity contribution < 1.29 is 13.5 Å². The number of nitrogen functional groups attached to an aromatic ring is 1. The summed E-state index contributed by atoms with van der Waals surface area (Å²) in [7, 11) is -3.78. The van der Waals surface area contributed by atoms with Gasteiger partial charge < -0.3 is 10.8 Å². The van der Waals surface area contributed by atoms with E-state index in [1.165, 1.54) is 23.5 Å². The van der Waals surface area contributed by atoms with Crippen molar-refractivity contribution in [3.05, 3.63) is 45.1 Å². The number of thiophene rings is 1. The fraction of sp³-hybridized carbons (Fsp3) is 0.231. The highest BCUT2D eigenvalue weighted by atomic mass is 35.5. The lowest BCUT2D eigenvalue weighted by Gasteiger charge is -2.12. The van der Waals surface area contributed by atoms with Crippen molar-refractivity contribution in [3.63, 3.8) is 0 Å². The molecule has 0 saturated carbocycles. The van der Waals surface area contributed by atoms with Gasteiger partial charge in [-0.15, -0.1) is 0 Å². The van der Waals surface area contributed by atoms with E-state index in [0.717, 1.165) is 0 Å².